The fraction of sp³-hybridized carbons (Fsp3) is 0.750. The predicted molar refractivity (Wildman–Crippen MR) is 65.0 cm³/mol. The Morgan fingerprint density at radius 1 is 1.60 bits per heavy atom. The van der Waals surface area contributed by atoms with E-state index in [1.165, 1.54) is 30.7 Å². The quantitative estimate of drug-likeness (QED) is 0.853. The van der Waals surface area contributed by atoms with Crippen molar-refractivity contribution in [1.82, 2.24) is 10.3 Å². The summed E-state index contributed by atoms with van der Waals surface area (Å²) in [5.41, 5.74) is 0.527. The maximum Gasteiger partial charge on any atom is 0.106 e. The molecule has 0 bridgehead atoms. The van der Waals surface area contributed by atoms with E-state index in [9.17, 15) is 0 Å². The first-order valence-corrected chi connectivity index (χ1v) is 6.65. The number of thiazole rings is 1. The van der Waals surface area contributed by atoms with Gasteiger partial charge in [-0.1, -0.05) is 20.3 Å². The summed E-state index contributed by atoms with van der Waals surface area (Å²) in [6.45, 7) is 5.70. The average molecular weight is 224 g/mol. The molecule has 0 radical (unpaired) electrons. The lowest BCUT2D eigenvalue weighted by Crippen LogP contribution is -2.36. The summed E-state index contributed by atoms with van der Waals surface area (Å²) in [7, 11) is 0. The van der Waals surface area contributed by atoms with Crippen molar-refractivity contribution in [2.45, 2.75) is 52.1 Å². The molecule has 1 aromatic rings. The highest BCUT2D eigenvalue weighted by Gasteiger charge is 2.27. The minimum atomic E-state index is 0.527. The highest BCUT2D eigenvalue weighted by atomic mass is 32.1. The summed E-state index contributed by atoms with van der Waals surface area (Å²) in [6, 6.07) is 0.692. The number of aromatic nitrogens is 1. The first-order chi connectivity index (χ1) is 7.16. The van der Waals surface area contributed by atoms with Crippen molar-refractivity contribution in [3.63, 3.8) is 0 Å². The molecule has 1 atom stereocenters. The second-order valence-electron chi connectivity index (χ2n) is 5.26. The van der Waals surface area contributed by atoms with Gasteiger partial charge in [-0.25, -0.2) is 4.98 Å². The van der Waals surface area contributed by atoms with Gasteiger partial charge in [-0.3, -0.25) is 0 Å². The summed E-state index contributed by atoms with van der Waals surface area (Å²) in [4.78, 5) is 4.29. The topological polar surface area (TPSA) is 24.9 Å². The van der Waals surface area contributed by atoms with E-state index in [-0.39, 0.29) is 0 Å². The van der Waals surface area contributed by atoms with Crippen LogP contribution in [0.5, 0.6) is 0 Å². The Hall–Kier alpha value is -0.410. The fourth-order valence-electron chi connectivity index (χ4n) is 2.44. The Kier molecular flexibility index (Phi) is 3.42. The van der Waals surface area contributed by atoms with E-state index >= 15 is 0 Å². The Labute approximate surface area is 96.1 Å². The smallest absolute Gasteiger partial charge is 0.106 e. The van der Waals surface area contributed by atoms with Crippen LogP contribution in [0.25, 0.3) is 0 Å². The van der Waals surface area contributed by atoms with Crippen LogP contribution in [0.1, 0.15) is 44.5 Å². The maximum absolute atomic E-state index is 4.29. The molecule has 1 unspecified atom stereocenters. The molecule has 0 spiro atoms. The number of hydrogen-bond donors (Lipinski definition) is 1. The van der Waals surface area contributed by atoms with E-state index < -0.39 is 0 Å². The van der Waals surface area contributed by atoms with Crippen LogP contribution in [0.3, 0.4) is 0 Å². The molecule has 1 fully saturated rings. The highest BCUT2D eigenvalue weighted by Crippen LogP contribution is 2.35. The molecule has 15 heavy (non-hydrogen) atoms. The van der Waals surface area contributed by atoms with Crippen molar-refractivity contribution in [2.24, 2.45) is 5.41 Å². The van der Waals surface area contributed by atoms with Gasteiger partial charge < -0.3 is 5.32 Å². The molecule has 1 aliphatic rings. The van der Waals surface area contributed by atoms with E-state index in [2.05, 4.69) is 24.1 Å². The summed E-state index contributed by atoms with van der Waals surface area (Å²) < 4.78 is 0. The van der Waals surface area contributed by atoms with Crippen LogP contribution in [-0.2, 0) is 6.54 Å². The number of rotatable bonds is 3. The fourth-order valence-corrected chi connectivity index (χ4v) is 3.01. The zero-order valence-electron chi connectivity index (χ0n) is 9.62. The number of nitrogens with zero attached hydrogens (tertiary/aromatic N) is 1. The molecule has 0 saturated heterocycles. The second kappa shape index (κ2) is 4.62. The standard InChI is InChI=1S/C12H20N2S/c1-12(2)5-3-4-10(8-12)14-9-11-13-6-7-15-11/h6-7,10,14H,3-5,8-9H2,1-2H3. The largest absolute Gasteiger partial charge is 0.308 e. The summed E-state index contributed by atoms with van der Waals surface area (Å²) >= 11 is 1.74. The van der Waals surface area contributed by atoms with Crippen LogP contribution >= 0.6 is 11.3 Å². The summed E-state index contributed by atoms with van der Waals surface area (Å²) in [5.74, 6) is 0. The molecule has 2 rings (SSSR count). The molecule has 1 heterocycles. The van der Waals surface area contributed by atoms with E-state index in [1.807, 2.05) is 11.6 Å². The van der Waals surface area contributed by atoms with E-state index in [0.717, 1.165) is 6.54 Å². The number of nitrogens with one attached hydrogen (secondary N) is 1. The molecule has 0 amide bonds. The summed E-state index contributed by atoms with van der Waals surface area (Å²) in [6.07, 6.45) is 7.25. The third-order valence-corrected chi connectivity index (χ3v) is 4.01. The molecule has 2 nitrogen and oxygen atoms in total. The molecular weight excluding hydrogens is 204 g/mol. The predicted octanol–water partition coefficient (Wildman–Crippen LogP) is 3.20. The lowest BCUT2D eigenvalue weighted by Gasteiger charge is -2.35. The van der Waals surface area contributed by atoms with Gasteiger partial charge in [0.15, 0.2) is 0 Å². The minimum Gasteiger partial charge on any atom is -0.308 e. The van der Waals surface area contributed by atoms with E-state index in [0.29, 0.717) is 11.5 Å². The lowest BCUT2D eigenvalue weighted by atomic mass is 9.75. The van der Waals surface area contributed by atoms with Gasteiger partial charge in [0.25, 0.3) is 0 Å². The van der Waals surface area contributed by atoms with Crippen molar-refractivity contribution >= 4 is 11.3 Å². The molecule has 0 aromatic carbocycles. The first-order valence-electron chi connectivity index (χ1n) is 5.77. The zero-order chi connectivity index (χ0) is 10.7. The van der Waals surface area contributed by atoms with Crippen molar-refractivity contribution in [1.29, 1.82) is 0 Å². The first kappa shape index (κ1) is 11.1. The molecule has 1 aliphatic carbocycles. The van der Waals surface area contributed by atoms with Crippen molar-refractivity contribution in [2.75, 3.05) is 0 Å². The Morgan fingerprint density at radius 3 is 3.13 bits per heavy atom. The van der Waals surface area contributed by atoms with Gasteiger partial charge in [0, 0.05) is 24.2 Å². The van der Waals surface area contributed by atoms with Gasteiger partial charge in [0.05, 0.1) is 0 Å². The molecule has 84 valence electrons. The van der Waals surface area contributed by atoms with Crippen molar-refractivity contribution in [3.8, 4) is 0 Å². The SMILES string of the molecule is CC1(C)CCCC(NCc2nccs2)C1. The van der Waals surface area contributed by atoms with Crippen molar-refractivity contribution in [3.05, 3.63) is 16.6 Å². The Morgan fingerprint density at radius 2 is 2.47 bits per heavy atom. The molecule has 1 saturated carbocycles. The van der Waals surface area contributed by atoms with Crippen molar-refractivity contribution < 1.29 is 0 Å². The second-order valence-corrected chi connectivity index (χ2v) is 6.24. The van der Waals surface area contributed by atoms with E-state index in [4.69, 9.17) is 0 Å². The maximum atomic E-state index is 4.29. The monoisotopic (exact) mass is 224 g/mol. The lowest BCUT2D eigenvalue weighted by molar-refractivity contribution is 0.197. The van der Waals surface area contributed by atoms with Crippen LogP contribution < -0.4 is 5.32 Å². The van der Waals surface area contributed by atoms with E-state index in [1.54, 1.807) is 11.3 Å². The van der Waals surface area contributed by atoms with Gasteiger partial charge in [-0.15, -0.1) is 11.3 Å². The Balaban J connectivity index is 1.80. The average Bonchev–Trinajstić information content (AvgIpc) is 2.65. The Bertz CT molecular complexity index is 293. The summed E-state index contributed by atoms with van der Waals surface area (Å²) in [5, 5.41) is 6.88. The van der Waals surface area contributed by atoms with Gasteiger partial charge in [-0.2, -0.15) is 0 Å². The van der Waals surface area contributed by atoms with Gasteiger partial charge in [0.2, 0.25) is 0 Å². The molecular formula is C12H20N2S. The molecule has 3 heteroatoms. The highest BCUT2D eigenvalue weighted by molar-refractivity contribution is 7.09. The molecule has 1 aromatic heterocycles. The third-order valence-electron chi connectivity index (χ3n) is 3.23. The third kappa shape index (κ3) is 3.28. The van der Waals surface area contributed by atoms with Crippen LogP contribution in [0, 0.1) is 5.41 Å². The van der Waals surface area contributed by atoms with Gasteiger partial charge >= 0.3 is 0 Å². The molecule has 0 aliphatic heterocycles. The molecule has 1 N–H and O–H groups in total. The number of hydrogen-bond acceptors (Lipinski definition) is 3. The van der Waals surface area contributed by atoms with Gasteiger partial charge in [-0.05, 0) is 24.7 Å². The zero-order valence-corrected chi connectivity index (χ0v) is 10.4. The van der Waals surface area contributed by atoms with Crippen LogP contribution in [0.15, 0.2) is 11.6 Å². The normalized spacial score (nSPS) is 25.3. The van der Waals surface area contributed by atoms with Crippen LogP contribution in [-0.4, -0.2) is 11.0 Å². The minimum absolute atomic E-state index is 0.527. The van der Waals surface area contributed by atoms with Crippen LogP contribution in [0.2, 0.25) is 0 Å². The van der Waals surface area contributed by atoms with Crippen LogP contribution in [0.4, 0.5) is 0 Å². The van der Waals surface area contributed by atoms with Gasteiger partial charge in [0.1, 0.15) is 5.01 Å².